The molecule has 0 unspecified atom stereocenters. The Hall–Kier alpha value is -4.09. The third-order valence-corrected chi connectivity index (χ3v) is 7.08. The molecule has 0 aliphatic heterocycles. The summed E-state index contributed by atoms with van der Waals surface area (Å²) in [5.41, 5.74) is 5.60. The molecule has 0 radical (unpaired) electrons. The van der Waals surface area contributed by atoms with Crippen molar-refractivity contribution in [2.45, 2.75) is 18.7 Å². The van der Waals surface area contributed by atoms with Gasteiger partial charge in [0.1, 0.15) is 5.69 Å². The summed E-state index contributed by atoms with van der Waals surface area (Å²) in [5.74, 6) is -1.65. The number of carbonyl (C=O) groups excluding carboxylic acids is 3. The van der Waals surface area contributed by atoms with Crippen molar-refractivity contribution in [1.29, 1.82) is 0 Å². The van der Waals surface area contributed by atoms with Gasteiger partial charge in [-0.3, -0.25) is 30.2 Å². The average Bonchev–Trinajstić information content (AvgIpc) is 2.88. The zero-order valence-electron chi connectivity index (χ0n) is 19.2. The van der Waals surface area contributed by atoms with Gasteiger partial charge in [-0.15, -0.1) is 0 Å². The molecule has 3 aromatic rings. The molecule has 182 valence electrons. The Morgan fingerprint density at radius 2 is 1.46 bits per heavy atom. The molecule has 3 rings (SSSR count). The van der Waals surface area contributed by atoms with Gasteiger partial charge in [0.25, 0.3) is 17.7 Å². The number of pyridine rings is 1. The molecule has 3 N–H and O–H groups in total. The molecular formula is C24H25N5O5S. The molecule has 1 heterocycles. The van der Waals surface area contributed by atoms with Crippen molar-refractivity contribution in [1.82, 2.24) is 20.1 Å². The van der Waals surface area contributed by atoms with Gasteiger partial charge in [0.2, 0.25) is 10.0 Å². The number of hydrazine groups is 1. The van der Waals surface area contributed by atoms with Crippen LogP contribution in [0.15, 0.2) is 77.8 Å². The van der Waals surface area contributed by atoms with Crippen LogP contribution in [0.3, 0.4) is 0 Å². The summed E-state index contributed by atoms with van der Waals surface area (Å²) in [5, 5.41) is 2.67. The van der Waals surface area contributed by atoms with Crippen molar-refractivity contribution in [3.8, 4) is 0 Å². The van der Waals surface area contributed by atoms with Crippen molar-refractivity contribution in [3.05, 3.63) is 89.7 Å². The molecule has 0 spiro atoms. The number of aromatic nitrogens is 1. The second kappa shape index (κ2) is 11.4. The van der Waals surface area contributed by atoms with Crippen LogP contribution in [0, 0.1) is 0 Å². The summed E-state index contributed by atoms with van der Waals surface area (Å²) >= 11 is 0. The van der Waals surface area contributed by atoms with E-state index in [1.807, 2.05) is 0 Å². The van der Waals surface area contributed by atoms with E-state index in [1.165, 1.54) is 46.9 Å². The first kappa shape index (κ1) is 25.5. The molecule has 0 bridgehead atoms. The minimum Gasteiger partial charge on any atom is -0.321 e. The fourth-order valence-corrected chi connectivity index (χ4v) is 4.67. The molecule has 1 aromatic heterocycles. The summed E-state index contributed by atoms with van der Waals surface area (Å²) in [6.45, 7) is 4.07. The number of hydrogen-bond acceptors (Lipinski definition) is 6. The minimum absolute atomic E-state index is 0.0106. The maximum atomic E-state index is 12.7. The van der Waals surface area contributed by atoms with Crippen LogP contribution >= 0.6 is 0 Å². The smallest absolute Gasteiger partial charge is 0.274 e. The number of hydrogen-bond donors (Lipinski definition) is 3. The van der Waals surface area contributed by atoms with E-state index in [2.05, 4.69) is 21.2 Å². The Morgan fingerprint density at radius 1 is 0.800 bits per heavy atom. The number of rotatable bonds is 8. The first-order valence-corrected chi connectivity index (χ1v) is 12.2. The van der Waals surface area contributed by atoms with Crippen molar-refractivity contribution in [3.63, 3.8) is 0 Å². The summed E-state index contributed by atoms with van der Waals surface area (Å²) in [7, 11) is -3.73. The van der Waals surface area contributed by atoms with E-state index < -0.39 is 21.8 Å². The van der Waals surface area contributed by atoms with Crippen molar-refractivity contribution < 1.29 is 22.8 Å². The van der Waals surface area contributed by atoms with Gasteiger partial charge in [-0.25, -0.2) is 8.42 Å². The SMILES string of the molecule is CCN(CC)S(=O)(=O)c1cccc(C(=O)NNC(=O)c2ccc(NC(=O)c3ccccn3)cc2)c1. The predicted octanol–water partition coefficient (Wildman–Crippen LogP) is 2.44. The molecular weight excluding hydrogens is 470 g/mol. The van der Waals surface area contributed by atoms with Gasteiger partial charge in [0.05, 0.1) is 4.90 Å². The van der Waals surface area contributed by atoms with Crippen LogP contribution in [0.5, 0.6) is 0 Å². The summed E-state index contributed by atoms with van der Waals surface area (Å²) < 4.78 is 26.7. The van der Waals surface area contributed by atoms with Crippen molar-refractivity contribution in [2.75, 3.05) is 18.4 Å². The molecule has 35 heavy (non-hydrogen) atoms. The number of nitrogens with one attached hydrogen (secondary N) is 3. The van der Waals surface area contributed by atoms with Crippen LogP contribution < -0.4 is 16.2 Å². The van der Waals surface area contributed by atoms with Crippen LogP contribution in [0.2, 0.25) is 0 Å². The highest BCUT2D eigenvalue weighted by atomic mass is 32.2. The van der Waals surface area contributed by atoms with Gasteiger partial charge in [-0.2, -0.15) is 4.31 Å². The number of carbonyl (C=O) groups is 3. The Labute approximate surface area is 203 Å². The third-order valence-electron chi connectivity index (χ3n) is 5.03. The molecule has 2 aromatic carbocycles. The topological polar surface area (TPSA) is 138 Å². The molecule has 0 atom stereocenters. The van der Waals surface area contributed by atoms with E-state index in [0.29, 0.717) is 18.8 Å². The lowest BCUT2D eigenvalue weighted by atomic mass is 10.2. The normalized spacial score (nSPS) is 11.1. The number of anilines is 1. The molecule has 10 nitrogen and oxygen atoms in total. The van der Waals surface area contributed by atoms with E-state index in [1.54, 1.807) is 44.2 Å². The predicted molar refractivity (Wildman–Crippen MR) is 130 cm³/mol. The van der Waals surface area contributed by atoms with Gasteiger partial charge < -0.3 is 5.32 Å². The van der Waals surface area contributed by atoms with Crippen LogP contribution in [-0.2, 0) is 10.0 Å². The Kier molecular flexibility index (Phi) is 8.29. The lowest BCUT2D eigenvalue weighted by Crippen LogP contribution is -2.41. The maximum absolute atomic E-state index is 12.7. The van der Waals surface area contributed by atoms with E-state index in [9.17, 15) is 22.8 Å². The highest BCUT2D eigenvalue weighted by molar-refractivity contribution is 7.89. The number of benzene rings is 2. The molecule has 0 saturated heterocycles. The van der Waals surface area contributed by atoms with Crippen LogP contribution in [0.1, 0.15) is 45.1 Å². The van der Waals surface area contributed by atoms with E-state index in [0.717, 1.165) is 0 Å². The molecule has 0 aliphatic carbocycles. The average molecular weight is 496 g/mol. The maximum Gasteiger partial charge on any atom is 0.274 e. The van der Waals surface area contributed by atoms with Gasteiger partial charge in [-0.1, -0.05) is 26.0 Å². The molecule has 0 saturated carbocycles. The van der Waals surface area contributed by atoms with Gasteiger partial charge in [-0.05, 0) is 54.6 Å². The van der Waals surface area contributed by atoms with Crippen LogP contribution in [0.25, 0.3) is 0 Å². The standard InChI is InChI=1S/C24H25N5O5S/c1-3-29(4-2)35(33,34)20-9-7-8-18(16-20)23(31)28-27-22(30)17-11-13-19(14-12-17)26-24(32)21-10-5-6-15-25-21/h5-16H,3-4H2,1-2H3,(H,26,32)(H,27,30)(H,28,31). The largest absolute Gasteiger partial charge is 0.321 e. The first-order chi connectivity index (χ1) is 16.8. The van der Waals surface area contributed by atoms with E-state index in [-0.39, 0.29) is 27.6 Å². The summed E-state index contributed by atoms with van der Waals surface area (Å²) in [6.07, 6.45) is 1.51. The lowest BCUT2D eigenvalue weighted by molar-refractivity contribution is 0.0846. The second-order valence-corrected chi connectivity index (χ2v) is 9.21. The highest BCUT2D eigenvalue weighted by Crippen LogP contribution is 2.17. The quantitative estimate of drug-likeness (QED) is 0.411. The van der Waals surface area contributed by atoms with Crippen LogP contribution in [0.4, 0.5) is 5.69 Å². The fraction of sp³-hybridized carbons (Fsp3) is 0.167. The first-order valence-electron chi connectivity index (χ1n) is 10.8. The number of sulfonamides is 1. The van der Waals surface area contributed by atoms with Gasteiger partial charge >= 0.3 is 0 Å². The highest BCUT2D eigenvalue weighted by Gasteiger charge is 2.22. The van der Waals surface area contributed by atoms with Crippen molar-refractivity contribution in [2.24, 2.45) is 0 Å². The minimum atomic E-state index is -3.73. The Balaban J connectivity index is 1.60. The molecule has 0 aliphatic rings. The number of nitrogens with zero attached hydrogens (tertiary/aromatic N) is 2. The zero-order chi connectivity index (χ0) is 25.4. The fourth-order valence-electron chi connectivity index (χ4n) is 3.17. The third kappa shape index (κ3) is 6.28. The molecule has 3 amide bonds. The van der Waals surface area contributed by atoms with Crippen LogP contribution in [-0.4, -0.2) is 48.5 Å². The second-order valence-electron chi connectivity index (χ2n) is 7.27. The Bertz CT molecular complexity index is 1310. The summed E-state index contributed by atoms with van der Waals surface area (Å²) in [6, 6.07) is 16.6. The van der Waals surface area contributed by atoms with Crippen molar-refractivity contribution >= 4 is 33.4 Å². The molecule has 11 heteroatoms. The number of amides is 3. The lowest BCUT2D eigenvalue weighted by Gasteiger charge is -2.18. The van der Waals surface area contributed by atoms with Gasteiger partial charge in [0, 0.05) is 36.1 Å². The van der Waals surface area contributed by atoms with Gasteiger partial charge in [0.15, 0.2) is 0 Å². The molecule has 0 fully saturated rings. The van der Waals surface area contributed by atoms with E-state index in [4.69, 9.17) is 0 Å². The van der Waals surface area contributed by atoms with E-state index >= 15 is 0 Å². The zero-order valence-corrected chi connectivity index (χ0v) is 20.0. The monoisotopic (exact) mass is 495 g/mol. The summed E-state index contributed by atoms with van der Waals surface area (Å²) in [4.78, 5) is 41.0. The Morgan fingerprint density at radius 3 is 2.06 bits per heavy atom.